The Morgan fingerprint density at radius 2 is 2.00 bits per heavy atom. The standard InChI is InChI=1S/C30H38N2O4/c1-35-22-7-6-20-16-23-30(34)11-10-28(9-8-21(28)17-24(33)31-13-2-3-14-31)27-29(30,25(20)26(22)36-27)12-15-32(23)18-19-4-5-19/h6-7,17,19,23,27,34H,2-5,8-16,18H2,1H3/b21-17+/t23-,27+,28+,29+,30-/m1/s1. The lowest BCUT2D eigenvalue weighted by Crippen LogP contribution is -2.78. The molecule has 1 aromatic rings. The van der Waals surface area contributed by atoms with Gasteiger partial charge in [-0.2, -0.15) is 0 Å². The quantitative estimate of drug-likeness (QED) is 0.654. The third-order valence-electron chi connectivity index (χ3n) is 11.4. The molecule has 1 N–H and O–H groups in total. The summed E-state index contributed by atoms with van der Waals surface area (Å²) in [6, 6.07) is 4.43. The van der Waals surface area contributed by atoms with Gasteiger partial charge in [0.2, 0.25) is 5.91 Å². The van der Waals surface area contributed by atoms with E-state index >= 15 is 0 Å². The van der Waals surface area contributed by atoms with Crippen LogP contribution in [0.15, 0.2) is 23.8 Å². The van der Waals surface area contributed by atoms with E-state index in [0.717, 1.165) is 95.0 Å². The van der Waals surface area contributed by atoms with Crippen LogP contribution in [0, 0.1) is 11.3 Å². The zero-order chi connectivity index (χ0) is 24.3. The van der Waals surface area contributed by atoms with E-state index in [-0.39, 0.29) is 23.5 Å². The normalized spacial score (nSPS) is 41.3. The maximum absolute atomic E-state index is 13.2. The Kier molecular flexibility index (Phi) is 4.45. The molecule has 4 aliphatic carbocycles. The number of hydrogen-bond donors (Lipinski definition) is 1. The van der Waals surface area contributed by atoms with Crippen molar-refractivity contribution in [2.45, 2.75) is 87.4 Å². The molecule has 0 aromatic heterocycles. The maximum Gasteiger partial charge on any atom is 0.246 e. The topological polar surface area (TPSA) is 62.2 Å². The Hall–Kier alpha value is -2.05. The van der Waals surface area contributed by atoms with Gasteiger partial charge in [-0.05, 0) is 88.3 Å². The molecule has 192 valence electrons. The molecule has 2 spiro atoms. The van der Waals surface area contributed by atoms with Gasteiger partial charge in [0.15, 0.2) is 11.5 Å². The monoisotopic (exact) mass is 490 g/mol. The zero-order valence-corrected chi connectivity index (χ0v) is 21.4. The Bertz CT molecular complexity index is 1170. The fourth-order valence-electron chi connectivity index (χ4n) is 9.33. The zero-order valence-electron chi connectivity index (χ0n) is 21.4. The number of fused-ring (bicyclic) bond motifs is 1. The van der Waals surface area contributed by atoms with Gasteiger partial charge in [-0.25, -0.2) is 0 Å². The van der Waals surface area contributed by atoms with Gasteiger partial charge >= 0.3 is 0 Å². The molecule has 6 nitrogen and oxygen atoms in total. The minimum absolute atomic E-state index is 0.133. The highest BCUT2D eigenvalue weighted by Gasteiger charge is 2.77. The van der Waals surface area contributed by atoms with E-state index in [2.05, 4.69) is 17.0 Å². The van der Waals surface area contributed by atoms with Gasteiger partial charge < -0.3 is 19.5 Å². The average molecular weight is 491 g/mol. The molecule has 1 amide bonds. The third-order valence-corrected chi connectivity index (χ3v) is 11.4. The summed E-state index contributed by atoms with van der Waals surface area (Å²) >= 11 is 0. The molecule has 36 heavy (non-hydrogen) atoms. The van der Waals surface area contributed by atoms with Crippen molar-refractivity contribution in [3.8, 4) is 11.5 Å². The lowest BCUT2D eigenvalue weighted by molar-refractivity contribution is -0.218. The van der Waals surface area contributed by atoms with Gasteiger partial charge in [0.25, 0.3) is 0 Å². The fraction of sp³-hybridized carbons (Fsp3) is 0.700. The molecule has 5 atom stereocenters. The average Bonchev–Trinajstić information content (AvgIpc) is 3.36. The van der Waals surface area contributed by atoms with Crippen molar-refractivity contribution in [2.75, 3.05) is 33.3 Å². The van der Waals surface area contributed by atoms with Crippen LogP contribution in [-0.2, 0) is 16.6 Å². The van der Waals surface area contributed by atoms with E-state index in [1.54, 1.807) is 7.11 Å². The van der Waals surface area contributed by atoms with Crippen molar-refractivity contribution in [1.82, 2.24) is 9.80 Å². The predicted octanol–water partition coefficient (Wildman–Crippen LogP) is 3.59. The lowest BCUT2D eigenvalue weighted by Gasteiger charge is -2.68. The molecule has 2 bridgehead atoms. The van der Waals surface area contributed by atoms with Crippen LogP contribution < -0.4 is 9.47 Å². The minimum Gasteiger partial charge on any atom is -0.493 e. The number of benzene rings is 1. The third kappa shape index (κ3) is 2.58. The van der Waals surface area contributed by atoms with Gasteiger partial charge in [-0.1, -0.05) is 11.6 Å². The number of likely N-dealkylation sites (tertiary alicyclic amines) is 2. The van der Waals surface area contributed by atoms with Gasteiger partial charge in [-0.15, -0.1) is 0 Å². The Morgan fingerprint density at radius 3 is 2.72 bits per heavy atom. The number of carbonyl (C=O) groups is 1. The van der Waals surface area contributed by atoms with E-state index in [9.17, 15) is 9.90 Å². The summed E-state index contributed by atoms with van der Waals surface area (Å²) < 4.78 is 12.8. The van der Waals surface area contributed by atoms with Crippen LogP contribution in [0.25, 0.3) is 0 Å². The highest BCUT2D eigenvalue weighted by Crippen LogP contribution is 2.73. The van der Waals surface area contributed by atoms with Gasteiger partial charge in [0, 0.05) is 42.7 Å². The number of rotatable bonds is 4. The molecule has 6 heteroatoms. The molecule has 3 saturated carbocycles. The summed E-state index contributed by atoms with van der Waals surface area (Å²) in [4.78, 5) is 17.8. The van der Waals surface area contributed by atoms with Crippen molar-refractivity contribution >= 4 is 5.91 Å². The van der Waals surface area contributed by atoms with E-state index in [1.807, 2.05) is 11.0 Å². The molecule has 5 fully saturated rings. The minimum atomic E-state index is -0.805. The van der Waals surface area contributed by atoms with E-state index in [0.29, 0.717) is 0 Å². The van der Waals surface area contributed by atoms with Crippen molar-refractivity contribution in [3.63, 3.8) is 0 Å². The first-order valence-corrected chi connectivity index (χ1v) is 14.3. The summed E-state index contributed by atoms with van der Waals surface area (Å²) in [6.45, 7) is 3.89. The van der Waals surface area contributed by atoms with E-state index in [4.69, 9.17) is 9.47 Å². The largest absolute Gasteiger partial charge is 0.493 e. The molecule has 8 rings (SSSR count). The van der Waals surface area contributed by atoms with Gasteiger partial charge in [-0.3, -0.25) is 9.69 Å². The Morgan fingerprint density at radius 1 is 1.17 bits per heavy atom. The van der Waals surface area contributed by atoms with Crippen LogP contribution in [0.1, 0.15) is 68.9 Å². The highest BCUT2D eigenvalue weighted by atomic mass is 16.5. The summed E-state index contributed by atoms with van der Waals surface area (Å²) in [7, 11) is 1.72. The van der Waals surface area contributed by atoms with E-state index < -0.39 is 11.0 Å². The predicted molar refractivity (Wildman–Crippen MR) is 135 cm³/mol. The summed E-state index contributed by atoms with van der Waals surface area (Å²) in [5.74, 6) is 2.63. The first-order chi connectivity index (χ1) is 17.5. The molecule has 2 saturated heterocycles. The second kappa shape index (κ2) is 7.28. The number of aliphatic hydroxyl groups is 1. The van der Waals surface area contributed by atoms with Crippen molar-refractivity contribution < 1.29 is 19.4 Å². The number of methoxy groups -OCH3 is 1. The molecule has 0 unspecified atom stereocenters. The molecular formula is C30H38N2O4. The first kappa shape index (κ1) is 22.0. The maximum atomic E-state index is 13.2. The van der Waals surface area contributed by atoms with E-state index in [1.165, 1.54) is 29.5 Å². The summed E-state index contributed by atoms with van der Waals surface area (Å²) in [6.07, 6.45) is 12.2. The van der Waals surface area contributed by atoms with Gasteiger partial charge in [0.05, 0.1) is 18.1 Å². The van der Waals surface area contributed by atoms with Crippen molar-refractivity contribution in [2.24, 2.45) is 11.3 Å². The van der Waals surface area contributed by atoms with Crippen molar-refractivity contribution in [3.05, 3.63) is 34.9 Å². The fourth-order valence-corrected chi connectivity index (χ4v) is 9.33. The molecule has 1 aromatic carbocycles. The van der Waals surface area contributed by atoms with Gasteiger partial charge in [0.1, 0.15) is 6.10 Å². The number of nitrogens with zero attached hydrogens (tertiary/aromatic N) is 2. The Balaban J connectivity index is 1.25. The van der Waals surface area contributed by atoms with Crippen LogP contribution in [0.5, 0.6) is 11.5 Å². The number of hydrogen-bond acceptors (Lipinski definition) is 5. The number of amides is 1. The molecule has 3 heterocycles. The lowest BCUT2D eigenvalue weighted by atomic mass is 9.40. The summed E-state index contributed by atoms with van der Waals surface area (Å²) in [5.41, 5.74) is 2.43. The molecule has 3 aliphatic heterocycles. The van der Waals surface area contributed by atoms with Crippen LogP contribution in [0.3, 0.4) is 0 Å². The smallest absolute Gasteiger partial charge is 0.246 e. The number of ether oxygens (including phenoxy) is 2. The van der Waals surface area contributed by atoms with Crippen LogP contribution in [0.4, 0.5) is 0 Å². The van der Waals surface area contributed by atoms with Crippen LogP contribution in [-0.4, -0.2) is 71.8 Å². The molecule has 7 aliphatic rings. The van der Waals surface area contributed by atoms with Crippen LogP contribution >= 0.6 is 0 Å². The molecule has 0 radical (unpaired) electrons. The number of piperidine rings is 1. The first-order valence-electron chi connectivity index (χ1n) is 14.3. The second-order valence-electron chi connectivity index (χ2n) is 12.8. The summed E-state index contributed by atoms with van der Waals surface area (Å²) in [5, 5.41) is 12.8. The highest BCUT2D eigenvalue weighted by molar-refractivity contribution is 5.89. The number of carbonyl (C=O) groups excluding carboxylic acids is 1. The Labute approximate surface area is 213 Å². The SMILES string of the molecule is COc1ccc2c3c1O[C@H]1[C@@]4(CC/C4=C\C(=O)N4CCCC4)CC[C@@]4(O)[C@@H](C2)N(CC2CC2)CC[C@]314. The van der Waals surface area contributed by atoms with Crippen LogP contribution in [0.2, 0.25) is 0 Å². The molecular weight excluding hydrogens is 452 g/mol. The second-order valence-corrected chi connectivity index (χ2v) is 12.8. The van der Waals surface area contributed by atoms with Crippen molar-refractivity contribution in [1.29, 1.82) is 0 Å².